The minimum absolute atomic E-state index is 0.171. The van der Waals surface area contributed by atoms with E-state index in [1.807, 2.05) is 31.2 Å². The number of sulfonamides is 1. The summed E-state index contributed by atoms with van der Waals surface area (Å²) in [7, 11) is -1.86. The summed E-state index contributed by atoms with van der Waals surface area (Å²) in [5, 5.41) is 0. The lowest BCUT2D eigenvalue weighted by Gasteiger charge is -2.19. The number of hydrogen-bond acceptors (Lipinski definition) is 4. The van der Waals surface area contributed by atoms with Gasteiger partial charge in [0.05, 0.1) is 11.4 Å². The lowest BCUT2D eigenvalue weighted by Crippen LogP contribution is -2.31. The zero-order chi connectivity index (χ0) is 20.1. The third-order valence-electron chi connectivity index (χ3n) is 4.85. The monoisotopic (exact) mass is 402 g/mol. The van der Waals surface area contributed by atoms with Crippen molar-refractivity contribution in [3.05, 3.63) is 59.7 Å². The second kappa shape index (κ2) is 8.75. The first kappa shape index (κ1) is 20.4. The molecule has 1 saturated heterocycles. The van der Waals surface area contributed by atoms with Gasteiger partial charge in [0.1, 0.15) is 12.4 Å². The van der Waals surface area contributed by atoms with Crippen LogP contribution in [-0.2, 0) is 10.0 Å². The van der Waals surface area contributed by atoms with Gasteiger partial charge in [0.2, 0.25) is 10.0 Å². The van der Waals surface area contributed by atoms with Crippen LogP contribution >= 0.6 is 0 Å². The Hall–Kier alpha value is -2.38. The second-order valence-electron chi connectivity index (χ2n) is 7.03. The van der Waals surface area contributed by atoms with E-state index in [0.717, 1.165) is 24.2 Å². The molecule has 3 rings (SSSR count). The molecule has 0 aliphatic carbocycles. The van der Waals surface area contributed by atoms with Crippen LogP contribution in [-0.4, -0.2) is 56.8 Å². The van der Waals surface area contributed by atoms with E-state index in [4.69, 9.17) is 4.74 Å². The zero-order valence-corrected chi connectivity index (χ0v) is 17.1. The number of ether oxygens (including phenoxy) is 1. The molecule has 2 aromatic carbocycles. The Labute approximate surface area is 166 Å². The van der Waals surface area contributed by atoms with Crippen molar-refractivity contribution in [1.29, 1.82) is 0 Å². The van der Waals surface area contributed by atoms with Crippen LogP contribution in [0.1, 0.15) is 28.8 Å². The Morgan fingerprint density at radius 1 is 1.11 bits per heavy atom. The number of carbonyl (C=O) groups is 1. The molecule has 1 aliphatic rings. The summed E-state index contributed by atoms with van der Waals surface area (Å²) >= 11 is 0. The van der Waals surface area contributed by atoms with Crippen molar-refractivity contribution in [1.82, 2.24) is 9.21 Å². The van der Waals surface area contributed by atoms with E-state index >= 15 is 0 Å². The third kappa shape index (κ3) is 4.72. The molecule has 28 heavy (non-hydrogen) atoms. The SMILES string of the molecule is Cc1ccc(OCCN(C)C(=O)c2cccc(S(=O)(=O)N3CCCC3)c2)cc1. The minimum atomic E-state index is -3.54. The Kier molecular flexibility index (Phi) is 6.36. The molecule has 2 aromatic rings. The third-order valence-corrected chi connectivity index (χ3v) is 6.74. The van der Waals surface area contributed by atoms with Crippen molar-refractivity contribution in [2.45, 2.75) is 24.7 Å². The van der Waals surface area contributed by atoms with Gasteiger partial charge in [0.25, 0.3) is 5.91 Å². The summed E-state index contributed by atoms with van der Waals surface area (Å²) in [5.41, 5.74) is 1.52. The lowest BCUT2D eigenvalue weighted by molar-refractivity contribution is 0.0773. The van der Waals surface area contributed by atoms with Crippen molar-refractivity contribution in [3.8, 4) is 5.75 Å². The molecule has 0 atom stereocenters. The highest BCUT2D eigenvalue weighted by Crippen LogP contribution is 2.22. The van der Waals surface area contributed by atoms with Gasteiger partial charge in [-0.1, -0.05) is 23.8 Å². The van der Waals surface area contributed by atoms with Gasteiger partial charge in [-0.3, -0.25) is 4.79 Å². The molecule has 0 saturated carbocycles. The summed E-state index contributed by atoms with van der Waals surface area (Å²) in [6, 6.07) is 14.0. The van der Waals surface area contributed by atoms with Crippen LogP contribution in [0, 0.1) is 6.92 Å². The summed E-state index contributed by atoms with van der Waals surface area (Å²) in [6.07, 6.45) is 1.75. The van der Waals surface area contributed by atoms with E-state index < -0.39 is 10.0 Å². The van der Waals surface area contributed by atoms with E-state index in [2.05, 4.69) is 0 Å². The Balaban J connectivity index is 1.62. The smallest absolute Gasteiger partial charge is 0.253 e. The molecule has 1 aliphatic heterocycles. The lowest BCUT2D eigenvalue weighted by atomic mass is 10.2. The van der Waals surface area contributed by atoms with Gasteiger partial charge in [-0.05, 0) is 50.1 Å². The van der Waals surface area contributed by atoms with Crippen molar-refractivity contribution in [2.75, 3.05) is 33.3 Å². The number of amides is 1. The van der Waals surface area contributed by atoms with Gasteiger partial charge < -0.3 is 9.64 Å². The molecular formula is C21H26N2O4S. The van der Waals surface area contributed by atoms with Crippen molar-refractivity contribution in [3.63, 3.8) is 0 Å². The summed E-state index contributed by atoms with van der Waals surface area (Å²) in [6.45, 7) is 3.84. The number of hydrogen-bond donors (Lipinski definition) is 0. The predicted octanol–water partition coefficient (Wildman–Crippen LogP) is 2.93. The maximum absolute atomic E-state index is 12.7. The standard InChI is InChI=1S/C21H26N2O4S/c1-17-8-10-19(11-9-17)27-15-14-22(2)21(24)18-6-5-7-20(16-18)28(25,26)23-12-3-4-13-23/h5-11,16H,3-4,12-15H2,1-2H3. The number of benzene rings is 2. The van der Waals surface area contributed by atoms with Crippen LogP contribution in [0.4, 0.5) is 0 Å². The fourth-order valence-electron chi connectivity index (χ4n) is 3.12. The van der Waals surface area contributed by atoms with Crippen LogP contribution in [0.2, 0.25) is 0 Å². The fourth-order valence-corrected chi connectivity index (χ4v) is 4.69. The molecular weight excluding hydrogens is 376 g/mol. The number of aryl methyl sites for hydroxylation is 1. The van der Waals surface area contributed by atoms with Gasteiger partial charge in [-0.25, -0.2) is 8.42 Å². The van der Waals surface area contributed by atoms with Crippen LogP contribution in [0.15, 0.2) is 53.4 Å². The second-order valence-corrected chi connectivity index (χ2v) is 8.97. The number of carbonyl (C=O) groups excluding carboxylic acids is 1. The van der Waals surface area contributed by atoms with Gasteiger partial charge in [0.15, 0.2) is 0 Å². The van der Waals surface area contributed by atoms with E-state index in [9.17, 15) is 13.2 Å². The van der Waals surface area contributed by atoms with Gasteiger partial charge >= 0.3 is 0 Å². The van der Waals surface area contributed by atoms with Crippen LogP contribution in [0.5, 0.6) is 5.75 Å². The average molecular weight is 403 g/mol. The molecule has 0 N–H and O–H groups in total. The number of likely N-dealkylation sites (N-methyl/N-ethyl adjacent to an activating group) is 1. The Morgan fingerprint density at radius 3 is 2.46 bits per heavy atom. The quantitative estimate of drug-likeness (QED) is 0.714. The van der Waals surface area contributed by atoms with E-state index in [0.29, 0.717) is 31.8 Å². The molecule has 0 spiro atoms. The highest BCUT2D eigenvalue weighted by molar-refractivity contribution is 7.89. The van der Waals surface area contributed by atoms with Gasteiger partial charge in [0, 0.05) is 25.7 Å². The Morgan fingerprint density at radius 2 is 1.79 bits per heavy atom. The molecule has 1 fully saturated rings. The van der Waals surface area contributed by atoms with Crippen LogP contribution < -0.4 is 4.74 Å². The van der Waals surface area contributed by atoms with E-state index in [-0.39, 0.29) is 10.8 Å². The molecule has 1 heterocycles. The zero-order valence-electron chi connectivity index (χ0n) is 16.3. The molecule has 0 radical (unpaired) electrons. The molecule has 1 amide bonds. The van der Waals surface area contributed by atoms with Gasteiger partial charge in [-0.15, -0.1) is 0 Å². The number of rotatable bonds is 7. The molecule has 0 aromatic heterocycles. The summed E-state index contributed by atoms with van der Waals surface area (Å²) < 4.78 is 32.6. The first-order valence-corrected chi connectivity index (χ1v) is 10.9. The molecule has 0 unspecified atom stereocenters. The molecule has 0 bridgehead atoms. The topological polar surface area (TPSA) is 66.9 Å². The highest BCUT2D eigenvalue weighted by Gasteiger charge is 2.27. The van der Waals surface area contributed by atoms with Crippen LogP contribution in [0.25, 0.3) is 0 Å². The predicted molar refractivity (Wildman–Crippen MR) is 108 cm³/mol. The van der Waals surface area contributed by atoms with E-state index in [1.54, 1.807) is 25.2 Å². The minimum Gasteiger partial charge on any atom is -0.492 e. The highest BCUT2D eigenvalue weighted by atomic mass is 32.2. The maximum atomic E-state index is 12.7. The molecule has 7 heteroatoms. The normalized spacial score (nSPS) is 14.8. The van der Waals surface area contributed by atoms with E-state index in [1.165, 1.54) is 15.3 Å². The summed E-state index contributed by atoms with van der Waals surface area (Å²) in [5.74, 6) is 0.524. The Bertz CT molecular complexity index is 920. The fraction of sp³-hybridized carbons (Fsp3) is 0.381. The van der Waals surface area contributed by atoms with Crippen molar-refractivity contribution in [2.24, 2.45) is 0 Å². The van der Waals surface area contributed by atoms with Crippen LogP contribution in [0.3, 0.4) is 0 Å². The average Bonchev–Trinajstić information content (AvgIpc) is 3.24. The first-order valence-electron chi connectivity index (χ1n) is 9.43. The molecule has 6 nitrogen and oxygen atoms in total. The first-order chi connectivity index (χ1) is 13.4. The number of nitrogens with zero attached hydrogens (tertiary/aromatic N) is 2. The van der Waals surface area contributed by atoms with Gasteiger partial charge in [-0.2, -0.15) is 4.31 Å². The van der Waals surface area contributed by atoms with Crippen molar-refractivity contribution < 1.29 is 17.9 Å². The molecule has 150 valence electrons. The summed E-state index contributed by atoms with van der Waals surface area (Å²) in [4.78, 5) is 14.4. The maximum Gasteiger partial charge on any atom is 0.253 e. The largest absolute Gasteiger partial charge is 0.492 e. The van der Waals surface area contributed by atoms with Crippen molar-refractivity contribution >= 4 is 15.9 Å².